The smallest absolute Gasteiger partial charge is 0.266 e. The highest BCUT2D eigenvalue weighted by atomic mass is 19.3. The van der Waals surface area contributed by atoms with Gasteiger partial charge in [-0.1, -0.05) is 18.2 Å². The molecule has 2 aromatic rings. The molecule has 1 saturated carbocycles. The average Bonchev–Trinajstić information content (AvgIpc) is 3.57. The number of carbonyl (C=O) groups excluding carboxylic acids is 2. The number of halogens is 4. The van der Waals surface area contributed by atoms with E-state index in [2.05, 4.69) is 15.5 Å². The van der Waals surface area contributed by atoms with Crippen LogP contribution in [0.1, 0.15) is 79.9 Å². The molecule has 0 bridgehead atoms. The predicted octanol–water partition coefficient (Wildman–Crippen LogP) is 4.37. The Morgan fingerprint density at radius 2 is 1.74 bits per heavy atom. The third-order valence-electron chi connectivity index (χ3n) is 8.88. The van der Waals surface area contributed by atoms with Crippen molar-refractivity contribution >= 4 is 17.5 Å². The number of aromatic nitrogens is 1. The molecular weight excluding hydrogens is 554 g/mol. The van der Waals surface area contributed by atoms with E-state index in [1.165, 1.54) is 40.8 Å². The average molecular weight is 592 g/mol. The fourth-order valence-electron chi connectivity index (χ4n) is 5.97. The number of anilines is 1. The van der Waals surface area contributed by atoms with E-state index in [1.807, 2.05) is 7.05 Å². The topological polar surface area (TPSA) is 86.7 Å². The number of hydrogen-bond donors (Lipinski definition) is 2. The van der Waals surface area contributed by atoms with Crippen LogP contribution in [0.4, 0.5) is 23.2 Å². The molecule has 2 aliphatic heterocycles. The minimum absolute atomic E-state index is 0.00931. The van der Waals surface area contributed by atoms with Gasteiger partial charge in [-0.2, -0.15) is 0 Å². The molecule has 1 unspecified atom stereocenters. The molecular formula is C30H37F4N5O3. The normalized spacial score (nSPS) is 23.2. The fraction of sp³-hybridized carbons (Fsp3) is 0.567. The lowest BCUT2D eigenvalue weighted by atomic mass is 9.99. The Morgan fingerprint density at radius 3 is 2.38 bits per heavy atom. The maximum Gasteiger partial charge on any atom is 0.266 e. The minimum Gasteiger partial charge on any atom is -0.381 e. The molecule has 3 fully saturated rings. The van der Waals surface area contributed by atoms with Crippen LogP contribution in [-0.2, 0) is 10.3 Å². The first-order valence-corrected chi connectivity index (χ1v) is 14.4. The number of alkyl halides is 3. The van der Waals surface area contributed by atoms with Crippen LogP contribution >= 0.6 is 0 Å². The van der Waals surface area contributed by atoms with Gasteiger partial charge in [0.1, 0.15) is 5.82 Å². The molecule has 1 aromatic heterocycles. The Morgan fingerprint density at radius 1 is 1.07 bits per heavy atom. The summed E-state index contributed by atoms with van der Waals surface area (Å²) in [6.45, 7) is 5.36. The summed E-state index contributed by atoms with van der Waals surface area (Å²) in [5.74, 6) is -2.28. The van der Waals surface area contributed by atoms with Gasteiger partial charge in [0.15, 0.2) is 5.67 Å². The van der Waals surface area contributed by atoms with Crippen LogP contribution in [0.2, 0.25) is 0 Å². The lowest BCUT2D eigenvalue weighted by molar-refractivity contribution is -0.137. The standard InChI is InChI=1S/C30H37F4N5O3/c1-18(20-5-4-6-21(25(20)31)26(32)33)35-27(41)22-16-39(24(40)15-23(22)36-19-7-12-37(3)13-8-19)29(2)11-14-38(17-29)28(42)30(34)9-10-30/h4-6,15-16,18-19,26,36H,7-14,17H2,1-3H3,(H,35,41)/t18?,29-/m1/s1. The number of likely N-dealkylation sites (tertiary alicyclic amines) is 2. The molecule has 1 aliphatic carbocycles. The van der Waals surface area contributed by atoms with Crippen molar-refractivity contribution in [1.29, 1.82) is 0 Å². The minimum atomic E-state index is -3.01. The molecule has 1 aromatic carbocycles. The summed E-state index contributed by atoms with van der Waals surface area (Å²) in [6.07, 6.45) is 0.792. The van der Waals surface area contributed by atoms with Crippen LogP contribution in [0.5, 0.6) is 0 Å². The van der Waals surface area contributed by atoms with E-state index in [0.717, 1.165) is 32.0 Å². The van der Waals surface area contributed by atoms with Gasteiger partial charge in [-0.05, 0) is 66.1 Å². The number of hydrogen-bond acceptors (Lipinski definition) is 5. The van der Waals surface area contributed by atoms with Crippen molar-refractivity contribution in [3.8, 4) is 0 Å². The second kappa shape index (κ2) is 11.3. The van der Waals surface area contributed by atoms with Crippen LogP contribution in [0.3, 0.4) is 0 Å². The molecule has 2 atom stereocenters. The highest BCUT2D eigenvalue weighted by Crippen LogP contribution is 2.43. The SMILES string of the molecule is CC(NC(=O)c1cn([C@]2(C)CCN(C(=O)C3(F)CC3)C2)c(=O)cc1NC1CCN(C)CC1)c1cccc(C(F)F)c1F. The number of benzene rings is 1. The molecule has 2 amide bonds. The van der Waals surface area contributed by atoms with Gasteiger partial charge in [0.2, 0.25) is 0 Å². The quantitative estimate of drug-likeness (QED) is 0.446. The first-order valence-electron chi connectivity index (χ1n) is 14.4. The molecule has 8 nitrogen and oxygen atoms in total. The van der Waals surface area contributed by atoms with Crippen molar-refractivity contribution in [2.45, 2.75) is 75.7 Å². The zero-order chi connectivity index (χ0) is 30.4. The van der Waals surface area contributed by atoms with Gasteiger partial charge in [-0.3, -0.25) is 14.4 Å². The highest BCUT2D eigenvalue weighted by molar-refractivity contribution is 5.99. The number of amides is 2. The van der Waals surface area contributed by atoms with Crippen molar-refractivity contribution in [3.63, 3.8) is 0 Å². The molecule has 5 rings (SSSR count). The molecule has 2 saturated heterocycles. The van der Waals surface area contributed by atoms with E-state index in [1.54, 1.807) is 6.92 Å². The summed E-state index contributed by atoms with van der Waals surface area (Å²) in [7, 11) is 2.02. The molecule has 0 spiro atoms. The number of carbonyl (C=O) groups is 2. The van der Waals surface area contributed by atoms with Gasteiger partial charge in [-0.25, -0.2) is 17.6 Å². The summed E-state index contributed by atoms with van der Waals surface area (Å²) in [5.41, 5.74) is -3.49. The van der Waals surface area contributed by atoms with Crippen LogP contribution in [0, 0.1) is 5.82 Å². The van der Waals surface area contributed by atoms with E-state index in [4.69, 9.17) is 0 Å². The monoisotopic (exact) mass is 591 g/mol. The number of piperidine rings is 1. The highest BCUT2D eigenvalue weighted by Gasteiger charge is 2.55. The van der Waals surface area contributed by atoms with Gasteiger partial charge in [0.05, 0.1) is 28.4 Å². The van der Waals surface area contributed by atoms with Crippen molar-refractivity contribution in [1.82, 2.24) is 19.7 Å². The Kier molecular flexibility index (Phi) is 8.12. The van der Waals surface area contributed by atoms with Crippen LogP contribution < -0.4 is 16.2 Å². The number of nitrogens with zero attached hydrogens (tertiary/aromatic N) is 3. The van der Waals surface area contributed by atoms with E-state index in [-0.39, 0.29) is 48.7 Å². The molecule has 12 heteroatoms. The zero-order valence-electron chi connectivity index (χ0n) is 24.1. The third-order valence-corrected chi connectivity index (χ3v) is 8.88. The third kappa shape index (κ3) is 5.91. The summed E-state index contributed by atoms with van der Waals surface area (Å²) >= 11 is 0. The Labute approximate surface area is 242 Å². The van der Waals surface area contributed by atoms with E-state index >= 15 is 0 Å². The summed E-state index contributed by atoms with van der Waals surface area (Å²) in [6, 6.07) is 4.06. The summed E-state index contributed by atoms with van der Waals surface area (Å²) < 4.78 is 57.4. The maximum absolute atomic E-state index is 14.9. The van der Waals surface area contributed by atoms with Crippen molar-refractivity contribution < 1.29 is 27.2 Å². The second-order valence-electron chi connectivity index (χ2n) is 12.2. The van der Waals surface area contributed by atoms with Crippen LogP contribution in [-0.4, -0.2) is 71.1 Å². The molecule has 2 N–H and O–H groups in total. The van der Waals surface area contributed by atoms with E-state index in [0.29, 0.717) is 12.1 Å². The van der Waals surface area contributed by atoms with Crippen molar-refractivity contribution in [2.24, 2.45) is 0 Å². The Balaban J connectivity index is 1.45. The predicted molar refractivity (Wildman–Crippen MR) is 150 cm³/mol. The van der Waals surface area contributed by atoms with Gasteiger partial charge in [0.25, 0.3) is 23.8 Å². The number of rotatable bonds is 8. The number of nitrogens with one attached hydrogen (secondary N) is 2. The second-order valence-corrected chi connectivity index (χ2v) is 12.2. The fourth-order valence-corrected chi connectivity index (χ4v) is 5.97. The molecule has 42 heavy (non-hydrogen) atoms. The van der Waals surface area contributed by atoms with E-state index < -0.39 is 46.9 Å². The Bertz CT molecular complexity index is 1420. The van der Waals surface area contributed by atoms with Gasteiger partial charge in [-0.15, -0.1) is 0 Å². The molecule has 3 heterocycles. The lowest BCUT2D eigenvalue weighted by Crippen LogP contribution is -2.44. The van der Waals surface area contributed by atoms with E-state index in [9.17, 15) is 31.9 Å². The Hall–Kier alpha value is -3.41. The molecule has 228 valence electrons. The maximum atomic E-state index is 14.9. The summed E-state index contributed by atoms with van der Waals surface area (Å²) in [4.78, 5) is 43.5. The van der Waals surface area contributed by atoms with Gasteiger partial charge < -0.3 is 25.0 Å². The number of pyridine rings is 1. The molecule has 0 radical (unpaired) electrons. The van der Waals surface area contributed by atoms with Crippen LogP contribution in [0.15, 0.2) is 35.3 Å². The molecule has 3 aliphatic rings. The summed E-state index contributed by atoms with van der Waals surface area (Å²) in [5, 5.41) is 6.05. The van der Waals surface area contributed by atoms with Gasteiger partial charge >= 0.3 is 0 Å². The van der Waals surface area contributed by atoms with Crippen LogP contribution in [0.25, 0.3) is 0 Å². The zero-order valence-corrected chi connectivity index (χ0v) is 24.1. The van der Waals surface area contributed by atoms with Gasteiger partial charge in [0, 0.05) is 37.0 Å². The first-order chi connectivity index (χ1) is 19.8. The first kappa shape index (κ1) is 30.1. The van der Waals surface area contributed by atoms with Crippen molar-refractivity contribution in [3.05, 3.63) is 63.3 Å². The largest absolute Gasteiger partial charge is 0.381 e. The van der Waals surface area contributed by atoms with Crippen molar-refractivity contribution in [2.75, 3.05) is 38.5 Å². The lowest BCUT2D eigenvalue weighted by Gasteiger charge is -2.32.